The van der Waals surface area contributed by atoms with Crippen LogP contribution in [0.4, 0.5) is 0 Å². The van der Waals surface area contributed by atoms with Gasteiger partial charge in [-0.25, -0.2) is 4.79 Å². The molecule has 2 amide bonds. The third-order valence-electron chi connectivity index (χ3n) is 3.32. The second-order valence-corrected chi connectivity index (χ2v) is 7.21. The van der Waals surface area contributed by atoms with Gasteiger partial charge in [0, 0.05) is 0 Å². The Balaban J connectivity index is 1.86. The monoisotopic (exact) mass is 345 g/mol. The number of hydrogen-bond donors (Lipinski definition) is 1. The first-order valence-corrected chi connectivity index (χ1v) is 8.30. The average molecular weight is 345 g/mol. The summed E-state index contributed by atoms with van der Waals surface area (Å²) in [5.41, 5.74) is 1.45. The molecule has 0 radical (unpaired) electrons. The predicted molar refractivity (Wildman–Crippen MR) is 92.2 cm³/mol. The largest absolute Gasteiger partial charge is 0.452 e. The van der Waals surface area contributed by atoms with Crippen LogP contribution in [0.15, 0.2) is 41.8 Å². The highest BCUT2D eigenvalue weighted by atomic mass is 32.1. The summed E-state index contributed by atoms with van der Waals surface area (Å²) in [6.07, 6.45) is 0. The fourth-order valence-electron chi connectivity index (χ4n) is 1.95. The first-order chi connectivity index (χ1) is 11.3. The Hall–Kier alpha value is -2.47. The molecule has 0 aliphatic heterocycles. The molecule has 0 aliphatic carbocycles. The molecular weight excluding hydrogens is 326 g/mol. The lowest BCUT2D eigenvalue weighted by Gasteiger charge is -2.18. The molecule has 126 valence electrons. The molecule has 0 bridgehead atoms. The highest BCUT2D eigenvalue weighted by Crippen LogP contribution is 2.22. The molecule has 1 aromatic heterocycles. The quantitative estimate of drug-likeness (QED) is 0.864. The summed E-state index contributed by atoms with van der Waals surface area (Å²) in [5, 5.41) is 3.91. The van der Waals surface area contributed by atoms with Crippen LogP contribution >= 0.6 is 11.3 Å². The normalized spacial score (nSPS) is 11.0. The van der Waals surface area contributed by atoms with Gasteiger partial charge >= 0.3 is 5.97 Å². The summed E-state index contributed by atoms with van der Waals surface area (Å²) < 4.78 is 4.93. The Morgan fingerprint density at radius 2 is 1.75 bits per heavy atom. The zero-order valence-electron chi connectivity index (χ0n) is 13.8. The number of nitrogens with one attached hydrogen (secondary N) is 1. The van der Waals surface area contributed by atoms with Crippen LogP contribution in [0.2, 0.25) is 0 Å². The summed E-state index contributed by atoms with van der Waals surface area (Å²) in [4.78, 5) is 35.7. The summed E-state index contributed by atoms with van der Waals surface area (Å²) in [6.45, 7) is 5.73. The minimum absolute atomic E-state index is 0.00945. The van der Waals surface area contributed by atoms with Crippen molar-refractivity contribution in [2.75, 3.05) is 6.61 Å². The Morgan fingerprint density at radius 3 is 2.29 bits per heavy atom. The van der Waals surface area contributed by atoms with E-state index >= 15 is 0 Å². The van der Waals surface area contributed by atoms with Crippen molar-refractivity contribution in [3.05, 3.63) is 57.8 Å². The number of amides is 2. The van der Waals surface area contributed by atoms with Gasteiger partial charge in [-0.1, -0.05) is 39.0 Å². The maximum Gasteiger partial charge on any atom is 0.338 e. The van der Waals surface area contributed by atoms with E-state index in [-0.39, 0.29) is 5.41 Å². The van der Waals surface area contributed by atoms with Crippen molar-refractivity contribution in [1.82, 2.24) is 5.32 Å². The summed E-state index contributed by atoms with van der Waals surface area (Å²) in [6, 6.07) is 10.4. The lowest BCUT2D eigenvalue weighted by atomic mass is 9.87. The molecule has 0 unspecified atom stereocenters. The number of esters is 1. The predicted octanol–water partition coefficient (Wildman–Crippen LogP) is 3.16. The minimum Gasteiger partial charge on any atom is -0.452 e. The van der Waals surface area contributed by atoms with Crippen molar-refractivity contribution in [1.29, 1.82) is 0 Å². The fraction of sp³-hybridized carbons (Fsp3) is 0.278. The number of thiophene rings is 1. The second kappa shape index (κ2) is 7.40. The molecule has 1 heterocycles. The van der Waals surface area contributed by atoms with E-state index in [4.69, 9.17) is 4.74 Å². The van der Waals surface area contributed by atoms with Crippen LogP contribution in [0.25, 0.3) is 0 Å². The fourth-order valence-corrected chi connectivity index (χ4v) is 2.57. The third-order valence-corrected chi connectivity index (χ3v) is 4.19. The van der Waals surface area contributed by atoms with Gasteiger partial charge in [-0.15, -0.1) is 11.3 Å². The number of benzene rings is 1. The van der Waals surface area contributed by atoms with Gasteiger partial charge < -0.3 is 4.74 Å². The van der Waals surface area contributed by atoms with E-state index in [0.717, 1.165) is 5.56 Å². The van der Waals surface area contributed by atoms with Crippen molar-refractivity contribution < 1.29 is 19.1 Å². The molecule has 1 aromatic carbocycles. The van der Waals surface area contributed by atoms with Crippen molar-refractivity contribution in [3.63, 3.8) is 0 Å². The Morgan fingerprint density at radius 1 is 1.08 bits per heavy atom. The summed E-state index contributed by atoms with van der Waals surface area (Å²) in [5.74, 6) is -1.76. The van der Waals surface area contributed by atoms with Gasteiger partial charge in [-0.05, 0) is 34.6 Å². The first kappa shape index (κ1) is 17.9. The smallest absolute Gasteiger partial charge is 0.338 e. The van der Waals surface area contributed by atoms with E-state index in [1.54, 1.807) is 29.6 Å². The van der Waals surface area contributed by atoms with Gasteiger partial charge in [0.1, 0.15) is 0 Å². The maximum absolute atomic E-state index is 11.9. The molecule has 0 atom stereocenters. The van der Waals surface area contributed by atoms with Crippen molar-refractivity contribution in [3.8, 4) is 0 Å². The molecule has 1 N–H and O–H groups in total. The number of carbonyl (C=O) groups excluding carboxylic acids is 3. The van der Waals surface area contributed by atoms with Crippen molar-refractivity contribution in [2.45, 2.75) is 26.2 Å². The molecule has 24 heavy (non-hydrogen) atoms. The van der Waals surface area contributed by atoms with Crippen LogP contribution in [0.3, 0.4) is 0 Å². The van der Waals surface area contributed by atoms with Gasteiger partial charge in [0.25, 0.3) is 11.8 Å². The molecule has 0 saturated heterocycles. The molecular formula is C18H19NO4S. The standard InChI is InChI=1S/C18H19NO4S/c1-18(2,3)13-8-6-12(7-9-13)17(22)23-11-15(20)19-16(21)14-5-4-10-24-14/h4-10H,11H2,1-3H3,(H,19,20,21). The molecule has 5 nitrogen and oxygen atoms in total. The van der Waals surface area contributed by atoms with E-state index in [1.165, 1.54) is 11.3 Å². The lowest BCUT2D eigenvalue weighted by molar-refractivity contribution is -0.123. The topological polar surface area (TPSA) is 72.5 Å². The van der Waals surface area contributed by atoms with Crippen LogP contribution in [0, 0.1) is 0 Å². The highest BCUT2D eigenvalue weighted by molar-refractivity contribution is 7.12. The minimum atomic E-state index is -0.659. The van der Waals surface area contributed by atoms with Crippen LogP contribution in [0.5, 0.6) is 0 Å². The van der Waals surface area contributed by atoms with Crippen molar-refractivity contribution >= 4 is 29.1 Å². The zero-order chi connectivity index (χ0) is 17.7. The number of imide groups is 1. The summed E-state index contributed by atoms with van der Waals surface area (Å²) >= 11 is 1.23. The van der Waals surface area contributed by atoms with Gasteiger partial charge in [0.15, 0.2) is 6.61 Å². The van der Waals surface area contributed by atoms with E-state index in [2.05, 4.69) is 26.1 Å². The first-order valence-electron chi connectivity index (χ1n) is 7.43. The molecule has 0 aliphatic rings. The Kier molecular flexibility index (Phi) is 5.51. The lowest BCUT2D eigenvalue weighted by Crippen LogP contribution is -2.33. The molecule has 0 saturated carbocycles. The number of carbonyl (C=O) groups is 3. The van der Waals surface area contributed by atoms with Crippen LogP contribution in [0.1, 0.15) is 46.4 Å². The number of hydrogen-bond acceptors (Lipinski definition) is 5. The van der Waals surface area contributed by atoms with E-state index in [0.29, 0.717) is 10.4 Å². The Bertz CT molecular complexity index is 727. The van der Waals surface area contributed by atoms with Crippen LogP contribution in [-0.2, 0) is 14.9 Å². The SMILES string of the molecule is CC(C)(C)c1ccc(C(=O)OCC(=O)NC(=O)c2cccs2)cc1. The second-order valence-electron chi connectivity index (χ2n) is 6.26. The average Bonchev–Trinajstić information content (AvgIpc) is 3.06. The highest BCUT2D eigenvalue weighted by Gasteiger charge is 2.16. The molecule has 0 fully saturated rings. The van der Waals surface area contributed by atoms with Gasteiger partial charge in [0.2, 0.25) is 0 Å². The van der Waals surface area contributed by atoms with Crippen LogP contribution < -0.4 is 5.32 Å². The summed E-state index contributed by atoms with van der Waals surface area (Å²) in [7, 11) is 0. The van der Waals surface area contributed by atoms with Gasteiger partial charge in [0.05, 0.1) is 10.4 Å². The molecule has 2 rings (SSSR count). The maximum atomic E-state index is 11.9. The van der Waals surface area contributed by atoms with Crippen molar-refractivity contribution in [2.24, 2.45) is 0 Å². The number of rotatable bonds is 4. The Labute approximate surface area is 144 Å². The molecule has 6 heteroatoms. The van der Waals surface area contributed by atoms with Crippen LogP contribution in [-0.4, -0.2) is 24.4 Å². The third kappa shape index (κ3) is 4.76. The van der Waals surface area contributed by atoms with E-state index in [1.807, 2.05) is 12.1 Å². The van der Waals surface area contributed by atoms with Gasteiger partial charge in [-0.2, -0.15) is 0 Å². The number of ether oxygens (including phenoxy) is 1. The zero-order valence-corrected chi connectivity index (χ0v) is 14.6. The molecule has 2 aromatic rings. The van der Waals surface area contributed by atoms with E-state index < -0.39 is 24.4 Å². The molecule has 0 spiro atoms. The van der Waals surface area contributed by atoms with Gasteiger partial charge in [-0.3, -0.25) is 14.9 Å². The van der Waals surface area contributed by atoms with E-state index in [9.17, 15) is 14.4 Å².